The lowest BCUT2D eigenvalue weighted by atomic mass is 9.70. The van der Waals surface area contributed by atoms with Crippen molar-refractivity contribution in [1.29, 1.82) is 0 Å². The second-order valence-corrected chi connectivity index (χ2v) is 15.6. The topological polar surface area (TPSA) is 96.8 Å². The maximum Gasteiger partial charge on any atom is 0.253 e. The van der Waals surface area contributed by atoms with Gasteiger partial charge in [-0.1, -0.05) is 49.4 Å². The lowest BCUT2D eigenvalue weighted by molar-refractivity contribution is 0.0606. The minimum atomic E-state index is -3.80. The van der Waals surface area contributed by atoms with E-state index in [1.807, 2.05) is 4.90 Å². The molecule has 0 saturated carbocycles. The van der Waals surface area contributed by atoms with Crippen LogP contribution in [-0.2, 0) is 15.4 Å². The highest BCUT2D eigenvalue weighted by Crippen LogP contribution is 2.45. The highest BCUT2D eigenvalue weighted by Gasteiger charge is 2.44. The van der Waals surface area contributed by atoms with Crippen molar-refractivity contribution in [1.82, 2.24) is 24.1 Å². The minimum absolute atomic E-state index is 0.0110. The molecular weight excluding hydrogens is 623 g/mol. The lowest BCUT2D eigenvalue weighted by Crippen LogP contribution is -2.49. The van der Waals surface area contributed by atoms with Crippen LogP contribution in [-0.4, -0.2) is 79.0 Å². The Bertz CT molecular complexity index is 1870. The van der Waals surface area contributed by atoms with Crippen molar-refractivity contribution in [2.45, 2.75) is 87.2 Å². The van der Waals surface area contributed by atoms with Gasteiger partial charge in [-0.2, -0.15) is 0 Å². The van der Waals surface area contributed by atoms with Gasteiger partial charge in [0.25, 0.3) is 5.91 Å². The van der Waals surface area contributed by atoms with Crippen LogP contribution in [0.4, 0.5) is 0 Å². The van der Waals surface area contributed by atoms with Crippen LogP contribution in [0.2, 0.25) is 0 Å². The van der Waals surface area contributed by atoms with E-state index in [-0.39, 0.29) is 28.5 Å². The Labute approximate surface area is 284 Å². The summed E-state index contributed by atoms with van der Waals surface area (Å²) in [6.07, 6.45) is 7.61. The van der Waals surface area contributed by atoms with Crippen LogP contribution < -0.4 is 9.46 Å². The van der Waals surface area contributed by atoms with Gasteiger partial charge in [0.1, 0.15) is 16.5 Å². The van der Waals surface area contributed by atoms with Crippen LogP contribution in [0.1, 0.15) is 79.7 Å². The number of amides is 1. The molecule has 1 N–H and O–H groups in total. The molecule has 0 spiro atoms. The van der Waals surface area contributed by atoms with Gasteiger partial charge in [-0.05, 0) is 99.7 Å². The molecule has 0 radical (unpaired) electrons. The van der Waals surface area contributed by atoms with E-state index in [0.29, 0.717) is 36.8 Å². The molecule has 10 heteroatoms. The van der Waals surface area contributed by atoms with E-state index < -0.39 is 10.0 Å². The van der Waals surface area contributed by atoms with Crippen molar-refractivity contribution in [3.8, 4) is 5.75 Å². The predicted octanol–water partition coefficient (Wildman–Crippen LogP) is 6.08. The SMILES string of the molecule is CCNS(=O)(=O)c1cc(C(=O)N2CCC(CCN3[C@@H]4CC[C@H]3C[C@@H](n3c(C)nc5ccccc53)C4)(c3ccccc3)CC2)ccc1OC. The smallest absolute Gasteiger partial charge is 0.253 e. The summed E-state index contributed by atoms with van der Waals surface area (Å²) in [5.74, 6) is 1.19. The number of likely N-dealkylation sites (tertiary alicyclic amines) is 1. The van der Waals surface area contributed by atoms with Crippen molar-refractivity contribution in [3.05, 3.63) is 89.7 Å². The molecule has 9 nitrogen and oxygen atoms in total. The molecule has 4 aromatic rings. The Hall–Kier alpha value is -3.73. The maximum absolute atomic E-state index is 13.8. The average molecular weight is 670 g/mol. The van der Waals surface area contributed by atoms with Gasteiger partial charge >= 0.3 is 0 Å². The molecule has 3 aromatic carbocycles. The van der Waals surface area contributed by atoms with Crippen LogP contribution >= 0.6 is 0 Å². The third kappa shape index (κ3) is 6.03. The van der Waals surface area contributed by atoms with E-state index >= 15 is 0 Å². The number of sulfonamides is 1. The number of para-hydroxylation sites is 2. The molecule has 4 heterocycles. The van der Waals surface area contributed by atoms with E-state index in [4.69, 9.17) is 9.72 Å². The Morgan fingerprint density at radius 2 is 1.65 bits per heavy atom. The number of nitrogens with zero attached hydrogens (tertiary/aromatic N) is 4. The highest BCUT2D eigenvalue weighted by molar-refractivity contribution is 7.89. The summed E-state index contributed by atoms with van der Waals surface area (Å²) in [5, 5.41) is 0. The summed E-state index contributed by atoms with van der Waals surface area (Å²) in [5.41, 5.74) is 4.03. The van der Waals surface area contributed by atoms with Gasteiger partial charge < -0.3 is 14.2 Å². The van der Waals surface area contributed by atoms with Gasteiger partial charge in [-0.15, -0.1) is 0 Å². The van der Waals surface area contributed by atoms with E-state index in [2.05, 4.69) is 75.7 Å². The Kier molecular flexibility index (Phi) is 9.08. The molecule has 1 aromatic heterocycles. The van der Waals surface area contributed by atoms with E-state index in [0.717, 1.165) is 50.0 Å². The van der Waals surface area contributed by atoms with Crippen molar-refractivity contribution < 1.29 is 17.9 Å². The Morgan fingerprint density at radius 3 is 2.33 bits per heavy atom. The van der Waals surface area contributed by atoms with E-state index in [1.165, 1.54) is 37.1 Å². The zero-order chi connectivity index (χ0) is 33.5. The first kappa shape index (κ1) is 32.8. The molecule has 3 aliphatic heterocycles. The number of carbonyl (C=O) groups is 1. The molecule has 3 atom stereocenters. The van der Waals surface area contributed by atoms with Crippen LogP contribution in [0.5, 0.6) is 5.75 Å². The van der Waals surface area contributed by atoms with Gasteiger partial charge in [-0.25, -0.2) is 18.1 Å². The number of ether oxygens (including phenoxy) is 1. The Balaban J connectivity index is 1.06. The third-order valence-electron chi connectivity index (χ3n) is 11.3. The number of methoxy groups -OCH3 is 1. The number of fused-ring (bicyclic) bond motifs is 3. The summed E-state index contributed by atoms with van der Waals surface area (Å²) >= 11 is 0. The average Bonchev–Trinajstić information content (AvgIpc) is 3.57. The van der Waals surface area contributed by atoms with Crippen molar-refractivity contribution >= 4 is 27.0 Å². The number of rotatable bonds is 10. The summed E-state index contributed by atoms with van der Waals surface area (Å²) in [6, 6.07) is 25.7. The van der Waals surface area contributed by atoms with Crippen LogP contribution in [0.25, 0.3) is 11.0 Å². The van der Waals surface area contributed by atoms with Gasteiger partial charge in [0.05, 0.1) is 18.1 Å². The van der Waals surface area contributed by atoms with Gasteiger partial charge in [-0.3, -0.25) is 9.69 Å². The molecule has 7 rings (SSSR count). The zero-order valence-corrected chi connectivity index (χ0v) is 29.1. The molecule has 0 aliphatic carbocycles. The second kappa shape index (κ2) is 13.3. The number of benzene rings is 3. The fourth-order valence-electron chi connectivity index (χ4n) is 8.87. The number of piperidine rings is 2. The Morgan fingerprint density at radius 1 is 0.958 bits per heavy atom. The number of nitrogens with one attached hydrogen (secondary N) is 1. The molecule has 3 fully saturated rings. The zero-order valence-electron chi connectivity index (χ0n) is 28.3. The molecule has 0 unspecified atom stereocenters. The quantitative estimate of drug-likeness (QED) is 0.220. The molecule has 2 bridgehead atoms. The summed E-state index contributed by atoms with van der Waals surface area (Å²) in [4.78, 5) is 23.3. The van der Waals surface area contributed by atoms with Gasteiger partial charge in [0, 0.05) is 43.3 Å². The molecule has 254 valence electrons. The summed E-state index contributed by atoms with van der Waals surface area (Å²) < 4.78 is 36.1. The minimum Gasteiger partial charge on any atom is -0.495 e. The van der Waals surface area contributed by atoms with Crippen molar-refractivity contribution in [2.75, 3.05) is 33.3 Å². The first-order chi connectivity index (χ1) is 23.2. The van der Waals surface area contributed by atoms with Crippen LogP contribution in [0.15, 0.2) is 77.7 Å². The molecule has 1 amide bonds. The number of hydrogen-bond acceptors (Lipinski definition) is 6. The number of imidazole rings is 1. The highest BCUT2D eigenvalue weighted by atomic mass is 32.2. The fraction of sp³-hybridized carbons (Fsp3) is 0.474. The lowest BCUT2D eigenvalue weighted by Gasteiger charge is -2.45. The summed E-state index contributed by atoms with van der Waals surface area (Å²) in [6.45, 7) is 6.42. The second-order valence-electron chi connectivity index (χ2n) is 13.8. The normalized spacial score (nSPS) is 22.6. The van der Waals surface area contributed by atoms with Gasteiger partial charge in [0.15, 0.2) is 0 Å². The first-order valence-electron chi connectivity index (χ1n) is 17.4. The number of hydrogen-bond donors (Lipinski definition) is 1. The van der Waals surface area contributed by atoms with Crippen LogP contribution in [0.3, 0.4) is 0 Å². The maximum atomic E-state index is 13.8. The largest absolute Gasteiger partial charge is 0.495 e. The number of carbonyl (C=O) groups excluding carboxylic acids is 1. The molecule has 48 heavy (non-hydrogen) atoms. The molecule has 3 aliphatic rings. The van der Waals surface area contributed by atoms with Crippen molar-refractivity contribution in [3.63, 3.8) is 0 Å². The molecular formula is C38H47N5O4S. The fourth-order valence-corrected chi connectivity index (χ4v) is 10.1. The molecule has 3 saturated heterocycles. The standard InChI is InChI=1S/C38H47N5O4S/c1-4-39-48(45,46)36-24-28(14-17-35(36)47-3)37(44)41-21-18-38(19-22-41,29-10-6-5-7-11-29)20-23-42-30-15-16-31(42)26-32(25-30)43-27(2)40-33-12-8-9-13-34(33)43/h5-14,17,24,30-32,39H,4,15-16,18-23,25-26H2,1-3H3/t30-,31+,32+. The third-order valence-corrected chi connectivity index (χ3v) is 12.8. The number of aromatic nitrogens is 2. The van der Waals surface area contributed by atoms with E-state index in [9.17, 15) is 13.2 Å². The number of aryl methyl sites for hydroxylation is 1. The van der Waals surface area contributed by atoms with Gasteiger partial charge in [0.2, 0.25) is 10.0 Å². The van der Waals surface area contributed by atoms with Crippen LogP contribution in [0, 0.1) is 6.92 Å². The van der Waals surface area contributed by atoms with Crippen molar-refractivity contribution in [2.24, 2.45) is 0 Å². The predicted molar refractivity (Wildman–Crippen MR) is 188 cm³/mol. The van der Waals surface area contributed by atoms with E-state index in [1.54, 1.807) is 19.1 Å². The monoisotopic (exact) mass is 669 g/mol. The summed E-state index contributed by atoms with van der Waals surface area (Å²) in [7, 11) is -2.36. The first-order valence-corrected chi connectivity index (χ1v) is 18.9.